The van der Waals surface area contributed by atoms with Crippen LogP contribution in [0.5, 0.6) is 0 Å². The number of hydrogen-bond donors (Lipinski definition) is 1. The van der Waals surface area contributed by atoms with Crippen LogP contribution in [0.3, 0.4) is 0 Å². The predicted molar refractivity (Wildman–Crippen MR) is 53.6 cm³/mol. The van der Waals surface area contributed by atoms with Crippen LogP contribution < -0.4 is 5.32 Å². The van der Waals surface area contributed by atoms with Crippen LogP contribution in [0.15, 0.2) is 35.3 Å². The summed E-state index contributed by atoms with van der Waals surface area (Å²) in [6, 6.07) is 10.7. The number of nitrogens with zero attached hydrogens (tertiary/aromatic N) is 1. The van der Waals surface area contributed by atoms with Crippen molar-refractivity contribution in [3.63, 3.8) is 0 Å². The summed E-state index contributed by atoms with van der Waals surface area (Å²) in [6.45, 7) is 0.737. The Balaban J connectivity index is 2.43. The van der Waals surface area contributed by atoms with E-state index in [4.69, 9.17) is 4.74 Å². The summed E-state index contributed by atoms with van der Waals surface area (Å²) in [5, 5.41) is 3.06. The van der Waals surface area contributed by atoms with Gasteiger partial charge in [0.1, 0.15) is 0 Å². The molecule has 0 saturated carbocycles. The van der Waals surface area contributed by atoms with E-state index in [-0.39, 0.29) is 0 Å². The second-order valence-electron chi connectivity index (χ2n) is 2.57. The predicted octanol–water partition coefficient (Wildman–Crippen LogP) is 1.41. The number of hydrogen-bond acceptors (Lipinski definition) is 2. The number of benzene rings is 1. The van der Waals surface area contributed by atoms with Crippen LogP contribution in [-0.2, 0) is 11.3 Å². The molecule has 0 saturated heterocycles. The molecule has 0 atom stereocenters. The molecule has 0 aliphatic heterocycles. The molecule has 0 bridgehead atoms. The van der Waals surface area contributed by atoms with Crippen molar-refractivity contribution in [2.45, 2.75) is 6.54 Å². The molecule has 0 heterocycles. The molecule has 1 N–H and O–H groups in total. The molecule has 3 heteroatoms. The Labute approximate surface area is 78.4 Å². The highest BCUT2D eigenvalue weighted by Crippen LogP contribution is 1.96. The third kappa shape index (κ3) is 3.15. The van der Waals surface area contributed by atoms with Gasteiger partial charge in [0.15, 0.2) is 0 Å². The summed E-state index contributed by atoms with van der Waals surface area (Å²) in [4.78, 5) is 3.90. The minimum atomic E-state index is 0.559. The summed E-state index contributed by atoms with van der Waals surface area (Å²) in [5.41, 5.74) is 1.21. The van der Waals surface area contributed by atoms with Gasteiger partial charge in [-0.15, -0.1) is 0 Å². The molecule has 0 aliphatic rings. The molecule has 0 radical (unpaired) electrons. The van der Waals surface area contributed by atoms with Gasteiger partial charge in [0, 0.05) is 13.6 Å². The van der Waals surface area contributed by atoms with Crippen molar-refractivity contribution in [3.05, 3.63) is 35.9 Å². The van der Waals surface area contributed by atoms with E-state index < -0.39 is 0 Å². The Morgan fingerprint density at radius 2 is 2.08 bits per heavy atom. The maximum atomic E-state index is 4.96. The van der Waals surface area contributed by atoms with Gasteiger partial charge < -0.3 is 10.1 Å². The molecule has 0 amide bonds. The first-order valence-corrected chi connectivity index (χ1v) is 4.15. The average molecular weight is 178 g/mol. The molecule has 0 spiro atoms. The zero-order chi connectivity index (χ0) is 9.52. The van der Waals surface area contributed by atoms with Gasteiger partial charge >= 0.3 is 0 Å². The highest BCUT2D eigenvalue weighted by atomic mass is 16.5. The Kier molecular flexibility index (Phi) is 3.82. The van der Waals surface area contributed by atoms with Gasteiger partial charge in [-0.2, -0.15) is 0 Å². The summed E-state index contributed by atoms with van der Waals surface area (Å²) < 4.78 is 4.96. The Hall–Kier alpha value is -1.51. The maximum Gasteiger partial charge on any atom is 0.284 e. The van der Waals surface area contributed by atoms with Crippen LogP contribution in [-0.4, -0.2) is 20.2 Å². The Bertz CT molecular complexity index is 270. The molecule has 1 rings (SSSR count). The van der Waals surface area contributed by atoms with Crippen LogP contribution in [0.25, 0.3) is 0 Å². The van der Waals surface area contributed by atoms with E-state index in [9.17, 15) is 0 Å². The van der Waals surface area contributed by atoms with Crippen LogP contribution in [0, 0.1) is 0 Å². The fraction of sp³-hybridized carbons (Fsp3) is 0.300. The fourth-order valence-corrected chi connectivity index (χ4v) is 1.02. The second-order valence-corrected chi connectivity index (χ2v) is 2.57. The average Bonchev–Trinajstić information content (AvgIpc) is 2.21. The molecule has 0 unspecified atom stereocenters. The lowest BCUT2D eigenvalue weighted by atomic mass is 10.2. The molecule has 1 aromatic carbocycles. The number of methoxy groups -OCH3 is 1. The third-order valence-corrected chi connectivity index (χ3v) is 1.68. The van der Waals surface area contributed by atoms with Crippen molar-refractivity contribution < 1.29 is 4.74 Å². The Morgan fingerprint density at radius 1 is 1.38 bits per heavy atom. The molecule has 3 nitrogen and oxygen atoms in total. The minimum Gasteiger partial charge on any atom is -0.469 e. The zero-order valence-electron chi connectivity index (χ0n) is 7.95. The van der Waals surface area contributed by atoms with Crippen LogP contribution in [0.2, 0.25) is 0 Å². The largest absolute Gasteiger partial charge is 0.469 e. The standard InChI is InChI=1S/C10H14N2O/c1-11-10(13-2)12-8-9-6-4-3-5-7-9/h3-7H,8H2,1-2H3,(H,11,12). The lowest BCUT2D eigenvalue weighted by Gasteiger charge is -2.06. The highest BCUT2D eigenvalue weighted by Gasteiger charge is 1.94. The quantitative estimate of drug-likeness (QED) is 0.548. The van der Waals surface area contributed by atoms with Crippen molar-refractivity contribution in [2.75, 3.05) is 14.2 Å². The lowest BCUT2D eigenvalue weighted by Crippen LogP contribution is -2.24. The van der Waals surface area contributed by atoms with Gasteiger partial charge in [-0.1, -0.05) is 30.3 Å². The van der Waals surface area contributed by atoms with E-state index in [1.54, 1.807) is 14.2 Å². The third-order valence-electron chi connectivity index (χ3n) is 1.68. The van der Waals surface area contributed by atoms with E-state index in [1.807, 2.05) is 18.2 Å². The summed E-state index contributed by atoms with van der Waals surface area (Å²) in [5.74, 6) is 0. The van der Waals surface area contributed by atoms with Gasteiger partial charge in [-0.3, -0.25) is 0 Å². The number of amidine groups is 1. The molecule has 0 aliphatic carbocycles. The maximum absolute atomic E-state index is 4.96. The molecule has 1 aromatic rings. The van der Waals surface area contributed by atoms with Crippen LogP contribution >= 0.6 is 0 Å². The molecular weight excluding hydrogens is 164 g/mol. The van der Waals surface area contributed by atoms with E-state index in [2.05, 4.69) is 22.4 Å². The summed E-state index contributed by atoms with van der Waals surface area (Å²) in [7, 11) is 3.29. The zero-order valence-corrected chi connectivity index (χ0v) is 7.95. The van der Waals surface area contributed by atoms with Gasteiger partial charge in [-0.25, -0.2) is 4.99 Å². The monoisotopic (exact) mass is 178 g/mol. The first-order valence-electron chi connectivity index (χ1n) is 4.15. The van der Waals surface area contributed by atoms with E-state index in [1.165, 1.54) is 5.56 Å². The Morgan fingerprint density at radius 3 is 2.62 bits per heavy atom. The second kappa shape index (κ2) is 5.19. The van der Waals surface area contributed by atoms with Crippen LogP contribution in [0.1, 0.15) is 5.56 Å². The van der Waals surface area contributed by atoms with Crippen molar-refractivity contribution in [1.82, 2.24) is 5.32 Å². The number of rotatable bonds is 2. The number of nitrogens with one attached hydrogen (secondary N) is 1. The molecule has 70 valence electrons. The molecule has 0 fully saturated rings. The first-order chi connectivity index (χ1) is 6.36. The van der Waals surface area contributed by atoms with Crippen molar-refractivity contribution in [1.29, 1.82) is 0 Å². The fourth-order valence-electron chi connectivity index (χ4n) is 1.02. The summed E-state index contributed by atoms with van der Waals surface area (Å²) >= 11 is 0. The van der Waals surface area contributed by atoms with E-state index >= 15 is 0 Å². The van der Waals surface area contributed by atoms with E-state index in [0.717, 1.165) is 6.54 Å². The van der Waals surface area contributed by atoms with Crippen LogP contribution in [0.4, 0.5) is 0 Å². The van der Waals surface area contributed by atoms with Crippen molar-refractivity contribution >= 4 is 6.02 Å². The topological polar surface area (TPSA) is 33.6 Å². The van der Waals surface area contributed by atoms with Crippen molar-refractivity contribution in [3.8, 4) is 0 Å². The molecular formula is C10H14N2O. The van der Waals surface area contributed by atoms with E-state index in [0.29, 0.717) is 6.02 Å². The molecule has 0 aromatic heterocycles. The SMILES string of the molecule is CN=C(NCc1ccccc1)OC. The smallest absolute Gasteiger partial charge is 0.284 e. The minimum absolute atomic E-state index is 0.559. The van der Waals surface area contributed by atoms with Gasteiger partial charge in [0.05, 0.1) is 7.11 Å². The van der Waals surface area contributed by atoms with Crippen molar-refractivity contribution in [2.24, 2.45) is 4.99 Å². The molecule has 13 heavy (non-hydrogen) atoms. The van der Waals surface area contributed by atoms with Gasteiger partial charge in [-0.05, 0) is 5.56 Å². The lowest BCUT2D eigenvalue weighted by molar-refractivity contribution is 0.379. The first kappa shape index (κ1) is 9.58. The highest BCUT2D eigenvalue weighted by molar-refractivity contribution is 5.73. The summed E-state index contributed by atoms with van der Waals surface area (Å²) in [6.07, 6.45) is 0. The number of aliphatic imine (C=N–C) groups is 1. The van der Waals surface area contributed by atoms with Gasteiger partial charge in [0.2, 0.25) is 0 Å². The number of ether oxygens (including phenoxy) is 1. The normalized spacial score (nSPS) is 11.1. The van der Waals surface area contributed by atoms with Gasteiger partial charge in [0.25, 0.3) is 6.02 Å².